The normalized spacial score (nSPS) is 17.6. The van der Waals surface area contributed by atoms with Crippen molar-refractivity contribution in [1.82, 2.24) is 10.2 Å². The first kappa shape index (κ1) is 37.0. The van der Waals surface area contributed by atoms with Gasteiger partial charge in [0.25, 0.3) is 0 Å². The Labute approximate surface area is 265 Å². The average molecular weight is 661 g/mol. The van der Waals surface area contributed by atoms with Crippen LogP contribution in [-0.2, 0) is 9.47 Å². The first-order valence-corrected chi connectivity index (χ1v) is 14.7. The zero-order valence-corrected chi connectivity index (χ0v) is 26.3. The molecule has 1 spiro atoms. The Hall–Kier alpha value is -3.16. The first-order valence-electron chi connectivity index (χ1n) is 13.9. The van der Waals surface area contributed by atoms with Crippen molar-refractivity contribution in [3.63, 3.8) is 0 Å². The van der Waals surface area contributed by atoms with E-state index in [1.165, 1.54) is 24.3 Å². The van der Waals surface area contributed by atoms with Crippen LogP contribution < -0.4 is 11.1 Å². The third-order valence-electron chi connectivity index (χ3n) is 6.49. The molecule has 2 aliphatic rings. The molecular formula is C30H38Cl2F3N5O4. The number of ether oxygens (including phenoxy) is 2. The van der Waals surface area contributed by atoms with Crippen molar-refractivity contribution in [3.05, 3.63) is 75.4 Å². The summed E-state index contributed by atoms with van der Waals surface area (Å²) in [4.78, 5) is 18.5. The van der Waals surface area contributed by atoms with Crippen molar-refractivity contribution >= 4 is 46.5 Å². The number of alkyl halides is 3. The van der Waals surface area contributed by atoms with E-state index in [1.807, 2.05) is 13.8 Å². The van der Waals surface area contributed by atoms with Gasteiger partial charge in [0.2, 0.25) is 0 Å². The number of hydrogen-bond donors (Lipinski definition) is 4. The second-order valence-corrected chi connectivity index (χ2v) is 10.2. The van der Waals surface area contributed by atoms with E-state index >= 15 is 0 Å². The summed E-state index contributed by atoms with van der Waals surface area (Å²) in [6.07, 6.45) is -4.50. The number of nitrogens with one attached hydrogen (secondary N) is 2. The molecule has 4 rings (SSSR count). The Morgan fingerprint density at radius 1 is 1.11 bits per heavy atom. The minimum absolute atomic E-state index is 0.199. The van der Waals surface area contributed by atoms with Gasteiger partial charge in [0.05, 0.1) is 31.9 Å². The molecule has 44 heavy (non-hydrogen) atoms. The monoisotopic (exact) mass is 659 g/mol. The van der Waals surface area contributed by atoms with Crippen LogP contribution >= 0.6 is 23.2 Å². The molecule has 5 N–H and O–H groups in total. The Kier molecular flexibility index (Phi) is 14.6. The molecule has 9 nitrogen and oxygen atoms in total. The van der Waals surface area contributed by atoms with Crippen LogP contribution in [0.5, 0.6) is 0 Å². The summed E-state index contributed by atoms with van der Waals surface area (Å²) in [5.41, 5.74) is 8.83. The van der Waals surface area contributed by atoms with Gasteiger partial charge >= 0.3 is 12.2 Å². The van der Waals surface area contributed by atoms with Gasteiger partial charge < -0.3 is 25.6 Å². The van der Waals surface area contributed by atoms with Crippen LogP contribution in [0.4, 0.5) is 23.7 Å². The smallest absolute Gasteiger partial charge is 0.390 e. The molecule has 0 unspecified atom stereocenters. The SMILES string of the molecule is CC.CO.N=C(c1ccc(Cl)cc1)N(CCC(F)(F)F)C(=O)NC/C(N)=C1\CC2(CCC1=Nc1cccc(Cl)c1)OCCO2. The highest BCUT2D eigenvalue weighted by atomic mass is 35.5. The minimum atomic E-state index is -4.52. The zero-order valence-electron chi connectivity index (χ0n) is 24.8. The lowest BCUT2D eigenvalue weighted by molar-refractivity contribution is -0.161. The fourth-order valence-electron chi connectivity index (χ4n) is 4.48. The summed E-state index contributed by atoms with van der Waals surface area (Å²) in [5.74, 6) is -1.26. The topological polar surface area (TPSA) is 133 Å². The van der Waals surface area contributed by atoms with Crippen LogP contribution in [0, 0.1) is 5.41 Å². The number of benzene rings is 2. The fraction of sp³-hybridized carbons (Fsp3) is 0.433. The molecule has 2 aromatic rings. The van der Waals surface area contributed by atoms with Crippen LogP contribution in [-0.4, -0.2) is 73.0 Å². The predicted octanol–water partition coefficient (Wildman–Crippen LogP) is 6.83. The molecule has 242 valence electrons. The summed E-state index contributed by atoms with van der Waals surface area (Å²) in [6, 6.07) is 12.0. The van der Waals surface area contributed by atoms with Crippen molar-refractivity contribution in [3.8, 4) is 0 Å². The number of nitrogens with zero attached hydrogens (tertiary/aromatic N) is 2. The van der Waals surface area contributed by atoms with E-state index in [-0.39, 0.29) is 24.2 Å². The maximum absolute atomic E-state index is 13.1. The van der Waals surface area contributed by atoms with E-state index in [2.05, 4.69) is 5.32 Å². The molecule has 0 aromatic heterocycles. The number of aliphatic imine (C=N–C) groups is 1. The maximum Gasteiger partial charge on any atom is 0.390 e. The predicted molar refractivity (Wildman–Crippen MR) is 167 cm³/mol. The fourth-order valence-corrected chi connectivity index (χ4v) is 4.79. The molecule has 1 saturated carbocycles. The molecule has 1 aliphatic heterocycles. The third kappa shape index (κ3) is 10.8. The highest BCUT2D eigenvalue weighted by Crippen LogP contribution is 2.39. The zero-order chi connectivity index (χ0) is 32.9. The minimum Gasteiger partial charge on any atom is -0.400 e. The number of halogens is 5. The van der Waals surface area contributed by atoms with Gasteiger partial charge in [-0.3, -0.25) is 15.3 Å². The van der Waals surface area contributed by atoms with Crippen LogP contribution in [0.25, 0.3) is 0 Å². The summed E-state index contributed by atoms with van der Waals surface area (Å²) >= 11 is 12.0. The average Bonchev–Trinajstić information content (AvgIpc) is 3.46. The molecule has 1 saturated heterocycles. The standard InChI is InChI=1S/C27H28Cl2F3N5O3.C2H6.CH4O/c28-18-6-4-17(5-7-18)24(34)37(11-10-27(30,31)32)25(38)35-16-22(33)21-15-26(39-12-13-40-26)9-8-23(21)36-20-3-1-2-19(29)14-20;2*1-2/h1-7,14,34H,8-13,15-16,33H2,(H,35,38);1-2H3;2H,1H3/b22-21-,34-24?,36-23?;;. The quantitative estimate of drug-likeness (QED) is 0.199. The molecule has 0 atom stereocenters. The van der Waals surface area contributed by atoms with Crippen molar-refractivity contribution in [2.75, 3.05) is 33.4 Å². The van der Waals surface area contributed by atoms with E-state index in [9.17, 15) is 18.0 Å². The third-order valence-corrected chi connectivity index (χ3v) is 6.98. The van der Waals surface area contributed by atoms with Crippen molar-refractivity contribution in [1.29, 1.82) is 5.41 Å². The molecule has 1 aliphatic carbocycles. The van der Waals surface area contributed by atoms with Gasteiger partial charge in [-0.05, 0) is 54.5 Å². The number of amidine groups is 1. The lowest BCUT2D eigenvalue weighted by Gasteiger charge is -2.34. The van der Waals surface area contributed by atoms with Gasteiger partial charge in [-0.2, -0.15) is 13.2 Å². The Morgan fingerprint density at radius 3 is 2.34 bits per heavy atom. The molecule has 0 radical (unpaired) electrons. The number of amides is 2. The van der Waals surface area contributed by atoms with Crippen LogP contribution in [0.2, 0.25) is 10.0 Å². The molecule has 0 bridgehead atoms. The van der Waals surface area contributed by atoms with Crippen molar-refractivity contribution in [2.24, 2.45) is 10.7 Å². The first-order chi connectivity index (χ1) is 20.9. The highest BCUT2D eigenvalue weighted by molar-refractivity contribution is 6.31. The van der Waals surface area contributed by atoms with Gasteiger partial charge in [0.1, 0.15) is 5.84 Å². The van der Waals surface area contributed by atoms with Crippen LogP contribution in [0.3, 0.4) is 0 Å². The Balaban J connectivity index is 0.00000162. The maximum atomic E-state index is 13.1. The molecule has 2 amide bonds. The van der Waals surface area contributed by atoms with Gasteiger partial charge in [-0.25, -0.2) is 4.79 Å². The second-order valence-electron chi connectivity index (χ2n) is 9.36. The lowest BCUT2D eigenvalue weighted by atomic mass is 9.86. The molecule has 1 heterocycles. The van der Waals surface area contributed by atoms with Gasteiger partial charge in [-0.1, -0.05) is 43.1 Å². The Bertz CT molecular complexity index is 1310. The van der Waals surface area contributed by atoms with Crippen molar-refractivity contribution < 1.29 is 32.5 Å². The molecule has 2 aromatic carbocycles. The highest BCUT2D eigenvalue weighted by Gasteiger charge is 2.42. The summed E-state index contributed by atoms with van der Waals surface area (Å²) < 4.78 is 50.8. The second kappa shape index (κ2) is 17.4. The molecule has 14 heteroatoms. The van der Waals surface area contributed by atoms with Crippen LogP contribution in [0.15, 0.2) is 64.8 Å². The number of carbonyl (C=O) groups excluding carboxylic acids is 1. The number of carbonyl (C=O) groups is 1. The van der Waals surface area contributed by atoms with E-state index in [0.717, 1.165) is 12.0 Å². The molecular weight excluding hydrogens is 622 g/mol. The van der Waals surface area contributed by atoms with Crippen LogP contribution in [0.1, 0.15) is 45.1 Å². The van der Waals surface area contributed by atoms with E-state index in [1.54, 1.807) is 24.3 Å². The summed E-state index contributed by atoms with van der Waals surface area (Å²) in [5, 5.41) is 18.9. The summed E-state index contributed by atoms with van der Waals surface area (Å²) in [7, 11) is 1.00. The number of hydrogen-bond acceptors (Lipinski definition) is 7. The van der Waals surface area contributed by atoms with E-state index in [4.69, 9.17) is 53.9 Å². The largest absolute Gasteiger partial charge is 0.400 e. The number of nitrogens with two attached hydrogens (primary N) is 1. The van der Waals surface area contributed by atoms with Gasteiger partial charge in [-0.15, -0.1) is 0 Å². The van der Waals surface area contributed by atoms with E-state index in [0.29, 0.717) is 53.1 Å². The van der Waals surface area contributed by atoms with E-state index < -0.39 is 36.8 Å². The van der Waals surface area contributed by atoms with Gasteiger partial charge in [0, 0.05) is 53.5 Å². The lowest BCUT2D eigenvalue weighted by Crippen LogP contribution is -2.46. The van der Waals surface area contributed by atoms with Crippen molar-refractivity contribution in [2.45, 2.75) is 51.5 Å². The summed E-state index contributed by atoms with van der Waals surface area (Å²) in [6.45, 7) is 3.92. The van der Waals surface area contributed by atoms with Gasteiger partial charge in [0.15, 0.2) is 5.79 Å². The Morgan fingerprint density at radius 2 is 1.75 bits per heavy atom. The number of rotatable bonds is 6. The number of aliphatic hydroxyl groups excluding tert-OH is 1. The molecule has 2 fully saturated rings. The number of urea groups is 1. The number of aliphatic hydroxyl groups is 1.